The van der Waals surface area contributed by atoms with E-state index in [1.165, 1.54) is 29.2 Å². The van der Waals surface area contributed by atoms with Crippen LogP contribution < -0.4 is 10.0 Å². The molecule has 2 saturated carbocycles. The molecule has 1 saturated heterocycles. The van der Waals surface area contributed by atoms with E-state index in [4.69, 9.17) is 0 Å². The zero-order valence-corrected chi connectivity index (χ0v) is 12.2. The molecule has 2 amide bonds. The van der Waals surface area contributed by atoms with Crippen LogP contribution in [0, 0.1) is 35.5 Å². The minimum Gasteiger partial charge on any atom is -0.545 e. The van der Waals surface area contributed by atoms with Gasteiger partial charge in [0.05, 0.1) is 23.5 Å². The first kappa shape index (κ1) is 13.0. The van der Waals surface area contributed by atoms with Crippen molar-refractivity contribution in [1.82, 2.24) is 0 Å². The van der Waals surface area contributed by atoms with E-state index in [-0.39, 0.29) is 41.0 Å². The highest BCUT2D eigenvalue weighted by molar-refractivity contribution is 6.22. The predicted molar refractivity (Wildman–Crippen MR) is 78.0 cm³/mol. The van der Waals surface area contributed by atoms with E-state index in [9.17, 15) is 19.5 Å². The van der Waals surface area contributed by atoms with Crippen molar-refractivity contribution < 1.29 is 19.5 Å². The molecule has 1 aromatic rings. The number of imide groups is 1. The Morgan fingerprint density at radius 1 is 0.957 bits per heavy atom. The normalized spacial score (nSPS) is 39.4. The molecule has 3 fully saturated rings. The average Bonchev–Trinajstić information content (AvgIpc) is 3.32. The van der Waals surface area contributed by atoms with Crippen molar-refractivity contribution in [3.05, 3.63) is 42.0 Å². The number of aromatic carboxylic acids is 1. The molecule has 1 aromatic carbocycles. The lowest BCUT2D eigenvalue weighted by atomic mass is 9.63. The summed E-state index contributed by atoms with van der Waals surface area (Å²) in [4.78, 5) is 37.8. The molecule has 0 spiro atoms. The second kappa shape index (κ2) is 4.10. The maximum absolute atomic E-state index is 12.9. The fourth-order valence-corrected chi connectivity index (χ4v) is 4.96. The molecule has 23 heavy (non-hydrogen) atoms. The Kier molecular flexibility index (Phi) is 2.33. The van der Waals surface area contributed by atoms with Crippen LogP contribution in [0.4, 0.5) is 5.69 Å². The zero-order chi connectivity index (χ0) is 15.9. The largest absolute Gasteiger partial charge is 0.545 e. The van der Waals surface area contributed by atoms with Crippen LogP contribution in [0.25, 0.3) is 0 Å². The molecule has 1 heterocycles. The van der Waals surface area contributed by atoms with Crippen LogP contribution in [0.3, 0.4) is 0 Å². The molecule has 6 rings (SSSR count). The fraction of sp³-hybridized carbons (Fsp3) is 0.389. The maximum Gasteiger partial charge on any atom is 0.238 e. The van der Waals surface area contributed by atoms with Gasteiger partial charge in [0.2, 0.25) is 11.8 Å². The summed E-state index contributed by atoms with van der Waals surface area (Å²) in [5, 5.41) is 10.8. The summed E-state index contributed by atoms with van der Waals surface area (Å²) in [7, 11) is 0. The van der Waals surface area contributed by atoms with E-state index in [1.807, 2.05) is 0 Å². The van der Waals surface area contributed by atoms with E-state index < -0.39 is 5.97 Å². The standard InChI is InChI=1S/C18H15NO4/c20-16-14-10-5-6-11(13-7-12(10)13)15(14)17(21)19(16)9-3-1-8(2-4-9)18(22)23/h1-6,10-15H,7H2,(H,22,23)/p-1/t10-,11+,12-,13+,14+,15-. The van der Waals surface area contributed by atoms with Gasteiger partial charge >= 0.3 is 0 Å². The molecule has 0 aromatic heterocycles. The van der Waals surface area contributed by atoms with Crippen LogP contribution in [-0.4, -0.2) is 17.8 Å². The Morgan fingerprint density at radius 2 is 1.48 bits per heavy atom. The van der Waals surface area contributed by atoms with Crippen molar-refractivity contribution in [1.29, 1.82) is 0 Å². The Labute approximate surface area is 132 Å². The molecule has 0 unspecified atom stereocenters. The monoisotopic (exact) mass is 308 g/mol. The molecule has 4 aliphatic carbocycles. The van der Waals surface area contributed by atoms with Crippen molar-refractivity contribution in [2.45, 2.75) is 6.42 Å². The van der Waals surface area contributed by atoms with E-state index in [1.54, 1.807) is 0 Å². The summed E-state index contributed by atoms with van der Waals surface area (Å²) in [6.45, 7) is 0. The highest BCUT2D eigenvalue weighted by atomic mass is 16.4. The smallest absolute Gasteiger partial charge is 0.238 e. The summed E-state index contributed by atoms with van der Waals surface area (Å²) in [5.74, 6) is -0.475. The van der Waals surface area contributed by atoms with Gasteiger partial charge in [-0.25, -0.2) is 0 Å². The quantitative estimate of drug-likeness (QED) is 0.592. The van der Waals surface area contributed by atoms with Crippen LogP contribution in [0.2, 0.25) is 0 Å². The van der Waals surface area contributed by atoms with Crippen LogP contribution in [0.5, 0.6) is 0 Å². The Hall–Kier alpha value is -2.43. The summed E-state index contributed by atoms with van der Waals surface area (Å²) in [6.07, 6.45) is 5.40. The summed E-state index contributed by atoms with van der Waals surface area (Å²) in [5.41, 5.74) is 0.487. The van der Waals surface area contributed by atoms with Crippen molar-refractivity contribution in [3.8, 4) is 0 Å². The number of nitrogens with zero attached hydrogens (tertiary/aromatic N) is 1. The van der Waals surface area contributed by atoms with E-state index in [0.29, 0.717) is 17.5 Å². The van der Waals surface area contributed by atoms with Crippen LogP contribution in [0.1, 0.15) is 16.8 Å². The Morgan fingerprint density at radius 3 is 1.96 bits per heavy atom. The number of hydrogen-bond donors (Lipinski definition) is 0. The van der Waals surface area contributed by atoms with Gasteiger partial charge in [-0.3, -0.25) is 14.5 Å². The maximum atomic E-state index is 12.9. The van der Waals surface area contributed by atoms with Gasteiger partial charge in [-0.15, -0.1) is 0 Å². The lowest BCUT2D eigenvalue weighted by Gasteiger charge is -2.37. The van der Waals surface area contributed by atoms with Gasteiger partial charge in [0.25, 0.3) is 0 Å². The summed E-state index contributed by atoms with van der Waals surface area (Å²) >= 11 is 0. The molecule has 1 aliphatic heterocycles. The number of carbonyl (C=O) groups excluding carboxylic acids is 3. The summed E-state index contributed by atoms with van der Waals surface area (Å²) < 4.78 is 0. The van der Waals surface area contributed by atoms with Crippen molar-refractivity contribution >= 4 is 23.5 Å². The van der Waals surface area contributed by atoms with Crippen molar-refractivity contribution in [2.75, 3.05) is 4.90 Å². The minimum absolute atomic E-state index is 0.0354. The second-order valence-corrected chi connectivity index (χ2v) is 7.00. The number of rotatable bonds is 2. The third-order valence-corrected chi connectivity index (χ3v) is 6.02. The molecule has 2 bridgehead atoms. The fourth-order valence-electron chi connectivity index (χ4n) is 4.96. The Bertz CT molecular complexity index is 745. The van der Waals surface area contributed by atoms with Gasteiger partial charge in [-0.1, -0.05) is 24.3 Å². The highest BCUT2D eigenvalue weighted by Crippen LogP contribution is 2.65. The van der Waals surface area contributed by atoms with Gasteiger partial charge in [0, 0.05) is 0 Å². The van der Waals surface area contributed by atoms with E-state index in [0.717, 1.165) is 6.42 Å². The van der Waals surface area contributed by atoms with Gasteiger partial charge < -0.3 is 9.90 Å². The van der Waals surface area contributed by atoms with Gasteiger partial charge in [0.15, 0.2) is 0 Å². The van der Waals surface area contributed by atoms with E-state index >= 15 is 0 Å². The third-order valence-electron chi connectivity index (χ3n) is 6.02. The number of carboxylic acids is 1. The number of benzene rings is 1. The number of carbonyl (C=O) groups is 3. The topological polar surface area (TPSA) is 77.5 Å². The van der Waals surface area contributed by atoms with Crippen LogP contribution in [0.15, 0.2) is 36.4 Å². The molecule has 5 heteroatoms. The van der Waals surface area contributed by atoms with Crippen LogP contribution in [-0.2, 0) is 9.59 Å². The Balaban J connectivity index is 1.53. The lowest BCUT2D eigenvalue weighted by Crippen LogP contribution is -2.40. The molecular weight excluding hydrogens is 294 g/mol. The molecule has 0 N–H and O–H groups in total. The molecule has 5 nitrogen and oxygen atoms in total. The van der Waals surface area contributed by atoms with Gasteiger partial charge in [-0.2, -0.15) is 0 Å². The number of anilines is 1. The number of hydrogen-bond acceptors (Lipinski definition) is 4. The second-order valence-electron chi connectivity index (χ2n) is 7.00. The number of amides is 2. The van der Waals surface area contributed by atoms with Crippen molar-refractivity contribution in [3.63, 3.8) is 0 Å². The molecular formula is C18H14NO4-. The van der Waals surface area contributed by atoms with Gasteiger partial charge in [-0.05, 0) is 47.8 Å². The zero-order valence-electron chi connectivity index (χ0n) is 12.2. The number of allylic oxidation sites excluding steroid dienone is 2. The first-order chi connectivity index (χ1) is 11.1. The molecule has 116 valence electrons. The lowest BCUT2D eigenvalue weighted by molar-refractivity contribution is -0.255. The minimum atomic E-state index is -1.27. The first-order valence-corrected chi connectivity index (χ1v) is 7.95. The third kappa shape index (κ3) is 1.54. The first-order valence-electron chi connectivity index (χ1n) is 7.95. The summed E-state index contributed by atoms with van der Waals surface area (Å²) in [6, 6.07) is 5.76. The van der Waals surface area contributed by atoms with E-state index in [2.05, 4.69) is 12.2 Å². The average molecular weight is 308 g/mol. The highest BCUT2D eigenvalue weighted by Gasteiger charge is 2.67. The predicted octanol–water partition coefficient (Wildman–Crippen LogP) is 0.608. The molecule has 0 radical (unpaired) electrons. The van der Waals surface area contributed by atoms with Crippen molar-refractivity contribution in [2.24, 2.45) is 35.5 Å². The van der Waals surface area contributed by atoms with Crippen LogP contribution >= 0.6 is 0 Å². The molecule has 6 atom stereocenters. The molecule has 5 aliphatic rings. The SMILES string of the molecule is O=C([O-])c1ccc(N2C(=O)[C@@H]3[C@H]4C=C[C@H]([C@H]5C[C@@H]45)[C@@H]3C2=O)cc1. The number of carboxylic acid groups (broad SMARTS) is 1. The van der Waals surface area contributed by atoms with Gasteiger partial charge in [0.1, 0.15) is 0 Å².